The standard InChI is InChI=1S/C14H16N2O3/c17-12-3-1-2-10(8-12)4-5-13-15-14(16-19-13)11-6-7-18-9-11/h1-3,8,11,17H,4-7,9H2/t11-/m0/s1. The van der Waals surface area contributed by atoms with Crippen LogP contribution in [-0.4, -0.2) is 28.5 Å². The lowest BCUT2D eigenvalue weighted by Gasteiger charge is -1.99. The molecule has 1 saturated heterocycles. The van der Waals surface area contributed by atoms with Gasteiger partial charge in [-0.15, -0.1) is 0 Å². The number of hydrogen-bond acceptors (Lipinski definition) is 5. The van der Waals surface area contributed by atoms with Crippen molar-refractivity contribution in [1.29, 1.82) is 0 Å². The first-order valence-electron chi connectivity index (χ1n) is 6.49. The van der Waals surface area contributed by atoms with Crippen LogP contribution in [0, 0.1) is 0 Å². The third-order valence-electron chi connectivity index (χ3n) is 3.32. The Labute approximate surface area is 111 Å². The molecule has 0 unspecified atom stereocenters. The number of aromatic hydroxyl groups is 1. The van der Waals surface area contributed by atoms with Gasteiger partial charge in [-0.1, -0.05) is 17.3 Å². The Morgan fingerprint density at radius 2 is 2.26 bits per heavy atom. The molecule has 2 aromatic rings. The summed E-state index contributed by atoms with van der Waals surface area (Å²) in [7, 11) is 0. The molecule has 100 valence electrons. The molecule has 1 aliphatic heterocycles. The number of rotatable bonds is 4. The third-order valence-corrected chi connectivity index (χ3v) is 3.32. The molecule has 1 aromatic carbocycles. The molecule has 5 nitrogen and oxygen atoms in total. The van der Waals surface area contributed by atoms with Gasteiger partial charge in [0.25, 0.3) is 0 Å². The highest BCUT2D eigenvalue weighted by Crippen LogP contribution is 2.22. The largest absolute Gasteiger partial charge is 0.508 e. The van der Waals surface area contributed by atoms with Crippen LogP contribution in [-0.2, 0) is 17.6 Å². The summed E-state index contributed by atoms with van der Waals surface area (Å²) in [5, 5.41) is 13.4. The van der Waals surface area contributed by atoms with E-state index in [2.05, 4.69) is 10.1 Å². The van der Waals surface area contributed by atoms with E-state index in [0.717, 1.165) is 30.8 Å². The van der Waals surface area contributed by atoms with Crippen LogP contribution in [0.4, 0.5) is 0 Å². The first-order valence-corrected chi connectivity index (χ1v) is 6.49. The quantitative estimate of drug-likeness (QED) is 0.911. The Bertz CT molecular complexity index is 547. The molecule has 5 heteroatoms. The van der Waals surface area contributed by atoms with E-state index >= 15 is 0 Å². The Morgan fingerprint density at radius 1 is 1.32 bits per heavy atom. The highest BCUT2D eigenvalue weighted by Gasteiger charge is 2.22. The Hall–Kier alpha value is -1.88. The summed E-state index contributed by atoms with van der Waals surface area (Å²) < 4.78 is 10.6. The van der Waals surface area contributed by atoms with Gasteiger partial charge in [-0.2, -0.15) is 4.98 Å². The lowest BCUT2D eigenvalue weighted by atomic mass is 10.1. The van der Waals surface area contributed by atoms with Gasteiger partial charge < -0.3 is 14.4 Å². The number of ether oxygens (including phenoxy) is 1. The van der Waals surface area contributed by atoms with E-state index in [9.17, 15) is 5.11 Å². The number of aryl methyl sites for hydroxylation is 2. The van der Waals surface area contributed by atoms with E-state index in [1.807, 2.05) is 12.1 Å². The Morgan fingerprint density at radius 3 is 3.05 bits per heavy atom. The topological polar surface area (TPSA) is 68.4 Å². The minimum Gasteiger partial charge on any atom is -0.508 e. The van der Waals surface area contributed by atoms with Crippen molar-refractivity contribution in [3.05, 3.63) is 41.5 Å². The van der Waals surface area contributed by atoms with Crippen LogP contribution in [0.15, 0.2) is 28.8 Å². The predicted molar refractivity (Wildman–Crippen MR) is 68.0 cm³/mol. The van der Waals surface area contributed by atoms with Gasteiger partial charge in [0.05, 0.1) is 6.61 Å². The fourth-order valence-electron chi connectivity index (χ4n) is 2.24. The van der Waals surface area contributed by atoms with E-state index in [0.29, 0.717) is 18.9 Å². The average molecular weight is 260 g/mol. The van der Waals surface area contributed by atoms with E-state index in [1.54, 1.807) is 12.1 Å². The molecule has 19 heavy (non-hydrogen) atoms. The molecule has 0 amide bonds. The lowest BCUT2D eigenvalue weighted by molar-refractivity contribution is 0.192. The lowest BCUT2D eigenvalue weighted by Crippen LogP contribution is -2.00. The smallest absolute Gasteiger partial charge is 0.226 e. The van der Waals surface area contributed by atoms with Crippen LogP contribution in [0.5, 0.6) is 5.75 Å². The number of phenolic OH excluding ortho intramolecular Hbond substituents is 1. The third kappa shape index (κ3) is 2.93. The summed E-state index contributed by atoms with van der Waals surface area (Å²) in [5.41, 5.74) is 1.06. The van der Waals surface area contributed by atoms with Gasteiger partial charge in [-0.25, -0.2) is 0 Å². The average Bonchev–Trinajstić information content (AvgIpc) is 3.07. The van der Waals surface area contributed by atoms with Crippen LogP contribution >= 0.6 is 0 Å². The maximum Gasteiger partial charge on any atom is 0.226 e. The fraction of sp³-hybridized carbons (Fsp3) is 0.429. The molecule has 3 rings (SSSR count). The van der Waals surface area contributed by atoms with Crippen molar-refractivity contribution in [3.8, 4) is 5.75 Å². The number of benzene rings is 1. The SMILES string of the molecule is Oc1cccc(CCc2nc([C@H]3CCOC3)no2)c1. The van der Waals surface area contributed by atoms with E-state index in [4.69, 9.17) is 9.26 Å². The maximum atomic E-state index is 9.39. The second kappa shape index (κ2) is 5.40. The van der Waals surface area contributed by atoms with Gasteiger partial charge >= 0.3 is 0 Å². The second-order valence-corrected chi connectivity index (χ2v) is 4.78. The number of phenols is 1. The first-order chi connectivity index (χ1) is 9.31. The summed E-state index contributed by atoms with van der Waals surface area (Å²) in [4.78, 5) is 4.41. The van der Waals surface area contributed by atoms with E-state index < -0.39 is 0 Å². The summed E-state index contributed by atoms with van der Waals surface area (Å²) in [6.07, 6.45) is 2.42. The monoisotopic (exact) mass is 260 g/mol. The van der Waals surface area contributed by atoms with Gasteiger partial charge in [-0.3, -0.25) is 0 Å². The van der Waals surface area contributed by atoms with Crippen molar-refractivity contribution in [2.45, 2.75) is 25.2 Å². The Kier molecular flexibility index (Phi) is 3.46. The zero-order valence-corrected chi connectivity index (χ0v) is 10.6. The molecule has 2 heterocycles. The van der Waals surface area contributed by atoms with Gasteiger partial charge in [0.2, 0.25) is 5.89 Å². The molecule has 0 spiro atoms. The molecule has 1 atom stereocenters. The minimum absolute atomic E-state index is 0.276. The van der Waals surface area contributed by atoms with Crippen molar-refractivity contribution in [1.82, 2.24) is 10.1 Å². The summed E-state index contributed by atoms with van der Waals surface area (Å²) >= 11 is 0. The first kappa shape index (κ1) is 12.2. The molecular weight excluding hydrogens is 244 g/mol. The molecule has 1 fully saturated rings. The molecule has 1 aliphatic rings. The second-order valence-electron chi connectivity index (χ2n) is 4.78. The van der Waals surface area contributed by atoms with Crippen LogP contribution in [0.25, 0.3) is 0 Å². The Balaban J connectivity index is 1.61. The van der Waals surface area contributed by atoms with Gasteiger partial charge in [0.1, 0.15) is 5.75 Å². The molecule has 0 radical (unpaired) electrons. The number of hydrogen-bond donors (Lipinski definition) is 1. The molecule has 0 aliphatic carbocycles. The highest BCUT2D eigenvalue weighted by molar-refractivity contribution is 5.27. The highest BCUT2D eigenvalue weighted by atomic mass is 16.5. The molecular formula is C14H16N2O3. The molecule has 1 N–H and O–H groups in total. The summed E-state index contributed by atoms with van der Waals surface area (Å²) in [6.45, 7) is 1.46. The van der Waals surface area contributed by atoms with Crippen LogP contribution in [0.1, 0.15) is 29.6 Å². The predicted octanol–water partition coefficient (Wildman–Crippen LogP) is 2.06. The van der Waals surface area contributed by atoms with Crippen molar-refractivity contribution in [3.63, 3.8) is 0 Å². The molecule has 0 bridgehead atoms. The zero-order valence-electron chi connectivity index (χ0n) is 10.6. The van der Waals surface area contributed by atoms with Gasteiger partial charge in [-0.05, 0) is 30.5 Å². The van der Waals surface area contributed by atoms with Crippen molar-refractivity contribution < 1.29 is 14.4 Å². The number of nitrogens with zero attached hydrogens (tertiary/aromatic N) is 2. The van der Waals surface area contributed by atoms with Crippen LogP contribution in [0.3, 0.4) is 0 Å². The van der Waals surface area contributed by atoms with Crippen molar-refractivity contribution in [2.75, 3.05) is 13.2 Å². The summed E-state index contributed by atoms with van der Waals surface area (Å²) in [5.74, 6) is 1.96. The van der Waals surface area contributed by atoms with E-state index in [-0.39, 0.29) is 11.7 Å². The normalized spacial score (nSPS) is 18.8. The van der Waals surface area contributed by atoms with Gasteiger partial charge in [0.15, 0.2) is 5.82 Å². The van der Waals surface area contributed by atoms with E-state index in [1.165, 1.54) is 0 Å². The van der Waals surface area contributed by atoms with Crippen molar-refractivity contribution in [2.24, 2.45) is 0 Å². The molecule has 0 saturated carbocycles. The van der Waals surface area contributed by atoms with Crippen LogP contribution in [0.2, 0.25) is 0 Å². The van der Waals surface area contributed by atoms with Gasteiger partial charge in [0, 0.05) is 18.9 Å². The fourth-order valence-corrected chi connectivity index (χ4v) is 2.24. The molecule has 1 aromatic heterocycles. The van der Waals surface area contributed by atoms with Crippen molar-refractivity contribution >= 4 is 0 Å². The summed E-state index contributed by atoms with van der Waals surface area (Å²) in [6, 6.07) is 7.22. The maximum absolute atomic E-state index is 9.39. The van der Waals surface area contributed by atoms with Crippen LogP contribution < -0.4 is 0 Å². The zero-order chi connectivity index (χ0) is 13.1. The number of aromatic nitrogens is 2. The minimum atomic E-state index is 0.276.